The first kappa shape index (κ1) is 31.5. The van der Waals surface area contributed by atoms with E-state index < -0.39 is 12.0 Å². The van der Waals surface area contributed by atoms with Gasteiger partial charge in [0.05, 0.1) is 43.2 Å². The number of rotatable bonds is 11. The lowest BCUT2D eigenvalue weighted by atomic mass is 9.94. The number of methoxy groups -OCH3 is 2. The van der Waals surface area contributed by atoms with E-state index in [0.29, 0.717) is 61.3 Å². The van der Waals surface area contributed by atoms with Crippen molar-refractivity contribution in [3.63, 3.8) is 0 Å². The second-order valence-electron chi connectivity index (χ2n) is 9.94. The molecule has 0 amide bonds. The average Bonchev–Trinajstić information content (AvgIpc) is 3.33. The van der Waals surface area contributed by atoms with Gasteiger partial charge in [0.1, 0.15) is 18.5 Å². The summed E-state index contributed by atoms with van der Waals surface area (Å²) in [4.78, 5) is 32.5. The number of carbonyl (C=O) groups excluding carboxylic acids is 1. The molecule has 9 nitrogen and oxygen atoms in total. The minimum atomic E-state index is -0.868. The molecule has 0 fully saturated rings. The zero-order chi connectivity index (χ0) is 32.1. The number of nitrogens with zero attached hydrogens (tertiary/aromatic N) is 2. The standard InChI is InChI=1S/C34H33FN2O7S/c1-6-42-31-24(12-9-13-26(31)40-4)30-29(33(39)43-7-2)20(3)36-34-37(30)32(38)28(45-34)18-21-14-15-25(27(17-21)41-5)44-19-22-10-8-11-23(35)16-22/h8-18,30H,6-7,19H2,1-5H3/b28-18+/t30-/m0/s1. The zero-order valence-electron chi connectivity index (χ0n) is 25.6. The Labute approximate surface area is 263 Å². The third kappa shape index (κ3) is 6.48. The largest absolute Gasteiger partial charge is 0.493 e. The molecule has 1 aliphatic heterocycles. The molecule has 0 bridgehead atoms. The van der Waals surface area contributed by atoms with Crippen LogP contribution in [-0.4, -0.2) is 38.0 Å². The Hall–Kier alpha value is -4.90. The summed E-state index contributed by atoms with van der Waals surface area (Å²) in [6, 6.07) is 15.9. The summed E-state index contributed by atoms with van der Waals surface area (Å²) in [6.45, 7) is 5.96. The van der Waals surface area contributed by atoms with Crippen LogP contribution in [0.3, 0.4) is 0 Å². The lowest BCUT2D eigenvalue weighted by molar-refractivity contribution is -0.139. The first-order chi connectivity index (χ1) is 21.8. The molecule has 3 aromatic carbocycles. The summed E-state index contributed by atoms with van der Waals surface area (Å²) < 4.78 is 43.9. The maximum Gasteiger partial charge on any atom is 0.338 e. The van der Waals surface area contributed by atoms with Gasteiger partial charge in [-0.3, -0.25) is 9.36 Å². The van der Waals surface area contributed by atoms with E-state index in [1.54, 1.807) is 68.5 Å². The van der Waals surface area contributed by atoms with Gasteiger partial charge in [0, 0.05) is 5.56 Å². The fraction of sp³-hybridized carbons (Fsp3) is 0.265. The average molecular weight is 633 g/mol. The van der Waals surface area contributed by atoms with Gasteiger partial charge in [-0.15, -0.1) is 0 Å². The quantitative estimate of drug-likeness (QED) is 0.216. The molecule has 0 saturated carbocycles. The number of fused-ring (bicyclic) bond motifs is 1. The monoisotopic (exact) mass is 632 g/mol. The van der Waals surface area contributed by atoms with Gasteiger partial charge in [0.25, 0.3) is 5.56 Å². The van der Waals surface area contributed by atoms with Crippen LogP contribution < -0.4 is 33.8 Å². The maximum atomic E-state index is 14.1. The fourth-order valence-electron chi connectivity index (χ4n) is 5.13. The number of hydrogen-bond acceptors (Lipinski definition) is 9. The van der Waals surface area contributed by atoms with E-state index in [2.05, 4.69) is 4.99 Å². The summed E-state index contributed by atoms with van der Waals surface area (Å²) in [5.41, 5.74) is 2.28. The summed E-state index contributed by atoms with van der Waals surface area (Å²) in [5, 5.41) is 0. The van der Waals surface area contributed by atoms with Crippen molar-refractivity contribution in [2.45, 2.75) is 33.4 Å². The molecule has 1 atom stereocenters. The molecule has 0 N–H and O–H groups in total. The van der Waals surface area contributed by atoms with E-state index in [4.69, 9.17) is 23.7 Å². The van der Waals surface area contributed by atoms with Gasteiger partial charge in [-0.1, -0.05) is 41.7 Å². The van der Waals surface area contributed by atoms with Gasteiger partial charge < -0.3 is 23.7 Å². The molecule has 0 aliphatic carbocycles. The van der Waals surface area contributed by atoms with E-state index in [-0.39, 0.29) is 30.2 Å². The van der Waals surface area contributed by atoms with Crippen LogP contribution in [-0.2, 0) is 16.1 Å². The number of allylic oxidation sites excluding steroid dienone is 1. The van der Waals surface area contributed by atoms with E-state index >= 15 is 0 Å². The van der Waals surface area contributed by atoms with Gasteiger partial charge in [0.15, 0.2) is 27.8 Å². The van der Waals surface area contributed by atoms with Crippen molar-refractivity contribution >= 4 is 23.4 Å². The van der Waals surface area contributed by atoms with Crippen LogP contribution in [0.25, 0.3) is 6.08 Å². The summed E-state index contributed by atoms with van der Waals surface area (Å²) in [6.07, 6.45) is 1.73. The van der Waals surface area contributed by atoms with Gasteiger partial charge in [-0.25, -0.2) is 14.2 Å². The number of ether oxygens (including phenoxy) is 5. The second kappa shape index (κ2) is 13.8. The molecule has 234 valence electrons. The molecule has 45 heavy (non-hydrogen) atoms. The highest BCUT2D eigenvalue weighted by Crippen LogP contribution is 2.40. The summed E-state index contributed by atoms with van der Waals surface area (Å²) >= 11 is 1.20. The molecule has 0 radical (unpaired) electrons. The number of esters is 1. The Morgan fingerprint density at radius 1 is 0.978 bits per heavy atom. The van der Waals surface area contributed by atoms with Crippen molar-refractivity contribution in [3.05, 3.63) is 114 Å². The third-order valence-electron chi connectivity index (χ3n) is 7.10. The van der Waals surface area contributed by atoms with Crippen LogP contribution in [0, 0.1) is 5.82 Å². The van der Waals surface area contributed by atoms with Crippen molar-refractivity contribution in [2.24, 2.45) is 4.99 Å². The van der Waals surface area contributed by atoms with E-state index in [1.165, 1.54) is 42.3 Å². The minimum absolute atomic E-state index is 0.155. The highest BCUT2D eigenvalue weighted by atomic mass is 32.1. The van der Waals surface area contributed by atoms with Crippen LogP contribution in [0.4, 0.5) is 4.39 Å². The Morgan fingerprint density at radius 3 is 2.47 bits per heavy atom. The number of aromatic nitrogens is 1. The molecule has 2 heterocycles. The summed E-state index contributed by atoms with van der Waals surface area (Å²) in [5.74, 6) is 0.910. The molecule has 4 aromatic rings. The van der Waals surface area contributed by atoms with Crippen molar-refractivity contribution in [3.8, 4) is 23.0 Å². The maximum absolute atomic E-state index is 14.1. The van der Waals surface area contributed by atoms with Crippen molar-refractivity contribution in [1.82, 2.24) is 4.57 Å². The van der Waals surface area contributed by atoms with Gasteiger partial charge in [-0.2, -0.15) is 0 Å². The molecule has 5 rings (SSSR count). The molecule has 0 unspecified atom stereocenters. The van der Waals surface area contributed by atoms with Crippen LogP contribution in [0.1, 0.15) is 43.5 Å². The third-order valence-corrected chi connectivity index (χ3v) is 8.08. The number of halogens is 1. The number of benzene rings is 3. The molecule has 1 aliphatic rings. The van der Waals surface area contributed by atoms with Gasteiger partial charge >= 0.3 is 5.97 Å². The Kier molecular flexibility index (Phi) is 9.68. The van der Waals surface area contributed by atoms with Crippen molar-refractivity contribution in [1.29, 1.82) is 0 Å². The van der Waals surface area contributed by atoms with Crippen LogP contribution in [0.5, 0.6) is 23.0 Å². The fourth-order valence-corrected chi connectivity index (χ4v) is 6.17. The van der Waals surface area contributed by atoms with E-state index in [9.17, 15) is 14.0 Å². The number of para-hydroxylation sites is 1. The summed E-state index contributed by atoms with van der Waals surface area (Å²) in [7, 11) is 3.05. The van der Waals surface area contributed by atoms with E-state index in [1.807, 2.05) is 6.92 Å². The zero-order valence-corrected chi connectivity index (χ0v) is 26.4. The molecular weight excluding hydrogens is 599 g/mol. The smallest absolute Gasteiger partial charge is 0.338 e. The first-order valence-corrected chi connectivity index (χ1v) is 15.2. The Bertz CT molecular complexity index is 1950. The second-order valence-corrected chi connectivity index (χ2v) is 11.0. The van der Waals surface area contributed by atoms with Gasteiger partial charge in [0.2, 0.25) is 0 Å². The molecule has 0 spiro atoms. The first-order valence-electron chi connectivity index (χ1n) is 14.3. The van der Waals surface area contributed by atoms with Crippen LogP contribution in [0.2, 0.25) is 0 Å². The normalized spacial score (nSPS) is 14.4. The predicted molar refractivity (Wildman–Crippen MR) is 168 cm³/mol. The van der Waals surface area contributed by atoms with Gasteiger partial charge in [-0.05, 0) is 68.3 Å². The SMILES string of the molecule is CCOC(=O)C1=C(C)N=c2s/c(=C/c3ccc(OCc4cccc(F)c4)c(OC)c3)c(=O)n2[C@H]1c1cccc(OC)c1OCC. The molecular formula is C34H33FN2O7S. The number of hydrogen-bond donors (Lipinski definition) is 0. The molecule has 11 heteroatoms. The topological polar surface area (TPSA) is 97.6 Å². The number of thiazole rings is 1. The Balaban J connectivity index is 1.60. The van der Waals surface area contributed by atoms with Crippen LogP contribution >= 0.6 is 11.3 Å². The lowest BCUT2D eigenvalue weighted by Gasteiger charge is -2.26. The molecule has 0 saturated heterocycles. The molecule has 1 aromatic heterocycles. The van der Waals surface area contributed by atoms with Crippen molar-refractivity contribution < 1.29 is 32.9 Å². The number of carbonyl (C=O) groups is 1. The lowest BCUT2D eigenvalue weighted by Crippen LogP contribution is -2.40. The Morgan fingerprint density at radius 2 is 1.76 bits per heavy atom. The van der Waals surface area contributed by atoms with E-state index in [0.717, 1.165) is 0 Å². The highest BCUT2D eigenvalue weighted by Gasteiger charge is 2.36. The van der Waals surface area contributed by atoms with Crippen molar-refractivity contribution in [2.75, 3.05) is 27.4 Å². The minimum Gasteiger partial charge on any atom is -0.493 e. The van der Waals surface area contributed by atoms with Crippen LogP contribution in [0.15, 0.2) is 81.7 Å². The predicted octanol–water partition coefficient (Wildman–Crippen LogP) is 4.93. The highest BCUT2D eigenvalue weighted by molar-refractivity contribution is 7.07.